The third kappa shape index (κ3) is 2.17. The van der Waals surface area contributed by atoms with Crippen molar-refractivity contribution in [2.75, 3.05) is 24.3 Å². The zero-order valence-electron chi connectivity index (χ0n) is 8.89. The van der Waals surface area contributed by atoms with E-state index in [1.807, 2.05) is 0 Å². The van der Waals surface area contributed by atoms with E-state index in [9.17, 15) is 0 Å². The molecule has 1 N–H and O–H groups in total. The Morgan fingerprint density at radius 1 is 1.50 bits per heavy atom. The van der Waals surface area contributed by atoms with Crippen LogP contribution in [0.2, 0.25) is 0 Å². The smallest absolute Gasteiger partial charge is 0.0378 e. The Morgan fingerprint density at radius 3 is 2.67 bits per heavy atom. The van der Waals surface area contributed by atoms with Gasteiger partial charge in [0.05, 0.1) is 0 Å². The van der Waals surface area contributed by atoms with Gasteiger partial charge in [-0.3, -0.25) is 0 Å². The molecule has 0 amide bonds. The fourth-order valence-electron chi connectivity index (χ4n) is 1.89. The Morgan fingerprint density at radius 2 is 2.17 bits per heavy atom. The van der Waals surface area contributed by atoms with Crippen molar-refractivity contribution >= 4 is 10.0 Å². The van der Waals surface area contributed by atoms with Crippen LogP contribution in [0.15, 0.2) is 0 Å². The molecule has 0 aromatic carbocycles. The van der Waals surface area contributed by atoms with Crippen molar-refractivity contribution in [2.24, 2.45) is 5.92 Å². The maximum atomic E-state index is 3.67. The normalized spacial score (nSPS) is 41.6. The zero-order valence-corrected chi connectivity index (χ0v) is 9.71. The van der Waals surface area contributed by atoms with Gasteiger partial charge in [0.2, 0.25) is 0 Å². The topological polar surface area (TPSA) is 12.0 Å². The monoisotopic (exact) mass is 189 g/mol. The van der Waals surface area contributed by atoms with Gasteiger partial charge < -0.3 is 5.32 Å². The molecule has 0 spiro atoms. The summed E-state index contributed by atoms with van der Waals surface area (Å²) >= 11 is 0. The van der Waals surface area contributed by atoms with E-state index in [-0.39, 0.29) is 10.0 Å². The van der Waals surface area contributed by atoms with Crippen molar-refractivity contribution in [1.29, 1.82) is 0 Å². The van der Waals surface area contributed by atoms with Gasteiger partial charge in [-0.2, -0.15) is 0 Å². The van der Waals surface area contributed by atoms with Crippen molar-refractivity contribution in [3.8, 4) is 0 Å². The lowest BCUT2D eigenvalue weighted by Crippen LogP contribution is -2.27. The summed E-state index contributed by atoms with van der Waals surface area (Å²) in [6.07, 6.45) is 3.89. The van der Waals surface area contributed by atoms with E-state index in [1.165, 1.54) is 24.5 Å². The largest absolute Gasteiger partial charge is 0.306 e. The first kappa shape index (κ1) is 10.4. The van der Waals surface area contributed by atoms with Crippen molar-refractivity contribution < 1.29 is 0 Å². The lowest BCUT2D eigenvalue weighted by molar-refractivity contribution is 0.529. The molecule has 1 saturated heterocycles. The first-order chi connectivity index (χ1) is 5.58. The molecule has 0 radical (unpaired) electrons. The molecule has 12 heavy (non-hydrogen) atoms. The molecule has 1 fully saturated rings. The first-order valence-electron chi connectivity index (χ1n) is 5.04. The molecular formula is C10H23NS. The van der Waals surface area contributed by atoms with Crippen LogP contribution in [-0.4, -0.2) is 29.7 Å². The van der Waals surface area contributed by atoms with E-state index >= 15 is 0 Å². The van der Waals surface area contributed by atoms with Gasteiger partial charge in [0.25, 0.3) is 0 Å². The average Bonchev–Trinajstić information content (AvgIpc) is 2.33. The number of rotatable bonds is 3. The van der Waals surface area contributed by atoms with Crippen LogP contribution < -0.4 is 5.32 Å². The molecule has 1 heterocycles. The second kappa shape index (κ2) is 4.01. The van der Waals surface area contributed by atoms with Crippen LogP contribution in [0.3, 0.4) is 0 Å². The van der Waals surface area contributed by atoms with Gasteiger partial charge in [-0.25, -0.2) is 10.0 Å². The SMILES string of the molecule is CCS1(C)CCNC1CC(C)C. The van der Waals surface area contributed by atoms with Crippen LogP contribution in [0.5, 0.6) is 0 Å². The summed E-state index contributed by atoms with van der Waals surface area (Å²) < 4.78 is 0. The van der Waals surface area contributed by atoms with Gasteiger partial charge in [-0.15, -0.1) is 0 Å². The molecule has 0 saturated carbocycles. The van der Waals surface area contributed by atoms with E-state index in [4.69, 9.17) is 0 Å². The van der Waals surface area contributed by atoms with E-state index in [2.05, 4.69) is 32.3 Å². The Hall–Kier alpha value is 0.310. The van der Waals surface area contributed by atoms with Crippen molar-refractivity contribution in [2.45, 2.75) is 32.6 Å². The highest BCUT2D eigenvalue weighted by molar-refractivity contribution is 8.33. The molecule has 2 heteroatoms. The molecule has 1 rings (SSSR count). The maximum absolute atomic E-state index is 3.67. The summed E-state index contributed by atoms with van der Waals surface area (Å²) in [4.78, 5) is 0. The van der Waals surface area contributed by atoms with Gasteiger partial charge in [0.1, 0.15) is 0 Å². The van der Waals surface area contributed by atoms with Crippen molar-refractivity contribution in [1.82, 2.24) is 5.32 Å². The Bertz CT molecular complexity index is 147. The summed E-state index contributed by atoms with van der Waals surface area (Å²) in [5.41, 5.74) is 0. The third-order valence-corrected chi connectivity index (χ3v) is 7.16. The zero-order chi connectivity index (χ0) is 9.19. The van der Waals surface area contributed by atoms with E-state index in [0.29, 0.717) is 0 Å². The molecule has 1 aliphatic rings. The molecule has 0 aliphatic carbocycles. The van der Waals surface area contributed by atoms with Crippen LogP contribution in [0.4, 0.5) is 0 Å². The minimum absolute atomic E-state index is 0.289. The number of hydrogen-bond acceptors (Lipinski definition) is 1. The lowest BCUT2D eigenvalue weighted by Gasteiger charge is -2.37. The predicted octanol–water partition coefficient (Wildman–Crippen LogP) is 2.42. The summed E-state index contributed by atoms with van der Waals surface area (Å²) in [6.45, 7) is 8.28. The van der Waals surface area contributed by atoms with Crippen LogP contribution in [0.1, 0.15) is 27.2 Å². The third-order valence-electron chi connectivity index (χ3n) is 2.97. The number of hydrogen-bond donors (Lipinski definition) is 1. The van der Waals surface area contributed by atoms with Gasteiger partial charge >= 0.3 is 0 Å². The molecule has 0 aromatic rings. The molecule has 0 bridgehead atoms. The second-order valence-electron chi connectivity index (χ2n) is 4.42. The van der Waals surface area contributed by atoms with Gasteiger partial charge in [-0.05, 0) is 30.1 Å². The second-order valence-corrected chi connectivity index (χ2v) is 8.67. The highest BCUT2D eigenvalue weighted by atomic mass is 32.3. The van der Waals surface area contributed by atoms with Crippen LogP contribution in [-0.2, 0) is 0 Å². The van der Waals surface area contributed by atoms with Crippen molar-refractivity contribution in [3.63, 3.8) is 0 Å². The van der Waals surface area contributed by atoms with Crippen molar-refractivity contribution in [3.05, 3.63) is 0 Å². The Balaban J connectivity index is 2.51. The van der Waals surface area contributed by atoms with Crippen LogP contribution in [0.25, 0.3) is 0 Å². The number of nitrogens with one attached hydrogen (secondary N) is 1. The first-order valence-corrected chi connectivity index (χ1v) is 7.48. The van der Waals surface area contributed by atoms with E-state index in [0.717, 1.165) is 11.3 Å². The molecule has 0 aromatic heterocycles. The Labute approximate surface area is 78.6 Å². The minimum atomic E-state index is -0.289. The highest BCUT2D eigenvalue weighted by Gasteiger charge is 2.32. The van der Waals surface area contributed by atoms with Gasteiger partial charge in [0.15, 0.2) is 0 Å². The fourth-order valence-corrected chi connectivity index (χ4v) is 4.82. The highest BCUT2D eigenvalue weighted by Crippen LogP contribution is 2.52. The Kier molecular flexibility index (Phi) is 3.47. The van der Waals surface area contributed by atoms with Gasteiger partial charge in [-0.1, -0.05) is 20.8 Å². The molecule has 1 aliphatic heterocycles. The molecule has 2 unspecified atom stereocenters. The summed E-state index contributed by atoms with van der Waals surface area (Å²) in [5.74, 6) is 3.69. The standard InChI is InChI=1S/C10H23NS/c1-5-12(4)7-6-11-10(12)8-9(2)3/h9-11H,5-8H2,1-4H3. The average molecular weight is 189 g/mol. The van der Waals surface area contributed by atoms with Crippen LogP contribution >= 0.6 is 10.0 Å². The molecule has 1 nitrogen and oxygen atoms in total. The van der Waals surface area contributed by atoms with E-state index < -0.39 is 0 Å². The maximum Gasteiger partial charge on any atom is 0.0378 e. The minimum Gasteiger partial charge on any atom is -0.306 e. The summed E-state index contributed by atoms with van der Waals surface area (Å²) in [5, 5.41) is 4.52. The predicted molar refractivity (Wildman–Crippen MR) is 60.2 cm³/mol. The molecular weight excluding hydrogens is 166 g/mol. The lowest BCUT2D eigenvalue weighted by atomic mass is 10.1. The molecule has 2 atom stereocenters. The summed E-state index contributed by atoms with van der Waals surface area (Å²) in [7, 11) is -0.289. The molecule has 74 valence electrons. The fraction of sp³-hybridized carbons (Fsp3) is 1.00. The quantitative estimate of drug-likeness (QED) is 0.719. The van der Waals surface area contributed by atoms with Crippen LogP contribution in [0, 0.1) is 5.92 Å². The van der Waals surface area contributed by atoms with E-state index in [1.54, 1.807) is 0 Å². The van der Waals surface area contributed by atoms with Gasteiger partial charge in [0, 0.05) is 11.9 Å². The summed E-state index contributed by atoms with van der Waals surface area (Å²) in [6, 6.07) is 0.